The molecule has 0 saturated heterocycles. The second-order valence-electron chi connectivity index (χ2n) is 8.00. The van der Waals surface area contributed by atoms with Gasteiger partial charge >= 0.3 is 0 Å². The van der Waals surface area contributed by atoms with Gasteiger partial charge in [0.1, 0.15) is 17.6 Å². The van der Waals surface area contributed by atoms with Gasteiger partial charge in [0.2, 0.25) is 21.8 Å². The molecular formula is C25H29N3O6S. The van der Waals surface area contributed by atoms with E-state index < -0.39 is 34.4 Å². The minimum absolute atomic E-state index is 0.0775. The van der Waals surface area contributed by atoms with Crippen LogP contribution < -0.4 is 10.1 Å². The standard InChI is InChI=1S/C25H29N3O6S/c1-27(35(3,31)32)18-23(29)28(17-19-11-13-21(33-2)14-12-19)24(20-8-5-4-6-9-20)25(30)26-16-22-10-7-15-34-22/h4-15,24H,16-18H2,1-3H3,(H,26,30)/t24-/m0/s1. The molecule has 0 radical (unpaired) electrons. The average molecular weight is 500 g/mol. The highest BCUT2D eigenvalue weighted by atomic mass is 32.2. The number of nitrogens with one attached hydrogen (secondary N) is 1. The molecule has 2 amide bonds. The number of hydrogen-bond acceptors (Lipinski definition) is 6. The third-order valence-corrected chi connectivity index (χ3v) is 6.71. The molecule has 3 rings (SSSR count). The molecule has 0 aliphatic carbocycles. The van der Waals surface area contributed by atoms with Crippen LogP contribution in [0.1, 0.15) is 22.9 Å². The third kappa shape index (κ3) is 7.17. The molecule has 1 N–H and O–H groups in total. The van der Waals surface area contributed by atoms with Crippen molar-refractivity contribution in [2.75, 3.05) is 27.0 Å². The zero-order chi connectivity index (χ0) is 25.4. The van der Waals surface area contributed by atoms with Gasteiger partial charge in [-0.15, -0.1) is 0 Å². The number of amides is 2. The van der Waals surface area contributed by atoms with E-state index in [-0.39, 0.29) is 13.1 Å². The van der Waals surface area contributed by atoms with Crippen LogP contribution in [0.15, 0.2) is 77.4 Å². The Morgan fingerprint density at radius 2 is 1.71 bits per heavy atom. The fourth-order valence-corrected chi connectivity index (χ4v) is 3.79. The van der Waals surface area contributed by atoms with Gasteiger partial charge in [-0.2, -0.15) is 4.31 Å². The van der Waals surface area contributed by atoms with E-state index in [2.05, 4.69) is 5.32 Å². The Labute approximate surface area is 205 Å². The molecule has 0 unspecified atom stereocenters. The summed E-state index contributed by atoms with van der Waals surface area (Å²) in [7, 11) is -0.724. The van der Waals surface area contributed by atoms with Gasteiger partial charge in [-0.05, 0) is 35.4 Å². The summed E-state index contributed by atoms with van der Waals surface area (Å²) in [4.78, 5) is 28.3. The van der Waals surface area contributed by atoms with Crippen molar-refractivity contribution in [1.82, 2.24) is 14.5 Å². The molecule has 3 aromatic rings. The van der Waals surface area contributed by atoms with E-state index in [9.17, 15) is 18.0 Å². The molecule has 1 atom stereocenters. The summed E-state index contributed by atoms with van der Waals surface area (Å²) in [6, 6.07) is 18.4. The molecule has 35 heavy (non-hydrogen) atoms. The van der Waals surface area contributed by atoms with Crippen LogP contribution in [0, 0.1) is 0 Å². The van der Waals surface area contributed by atoms with Crippen molar-refractivity contribution in [2.24, 2.45) is 0 Å². The summed E-state index contributed by atoms with van der Waals surface area (Å²) in [6.07, 6.45) is 2.54. The number of likely N-dealkylation sites (N-methyl/N-ethyl adjacent to an activating group) is 1. The Kier molecular flexibility index (Phi) is 8.67. The normalized spacial score (nSPS) is 12.2. The second kappa shape index (κ2) is 11.7. The maximum atomic E-state index is 13.5. The van der Waals surface area contributed by atoms with Crippen LogP contribution in [0.3, 0.4) is 0 Å². The zero-order valence-electron chi connectivity index (χ0n) is 19.9. The monoisotopic (exact) mass is 499 g/mol. The van der Waals surface area contributed by atoms with E-state index in [0.29, 0.717) is 17.1 Å². The van der Waals surface area contributed by atoms with Gasteiger partial charge in [0, 0.05) is 13.6 Å². The highest BCUT2D eigenvalue weighted by molar-refractivity contribution is 7.88. The molecule has 0 spiro atoms. The van der Waals surface area contributed by atoms with Gasteiger partial charge in [0.25, 0.3) is 0 Å². The number of sulfonamides is 1. The summed E-state index contributed by atoms with van der Waals surface area (Å²) in [5.41, 5.74) is 1.34. The molecule has 9 nitrogen and oxygen atoms in total. The first kappa shape index (κ1) is 26.0. The summed E-state index contributed by atoms with van der Waals surface area (Å²) >= 11 is 0. The first-order chi connectivity index (χ1) is 16.7. The van der Waals surface area contributed by atoms with E-state index in [4.69, 9.17) is 9.15 Å². The number of methoxy groups -OCH3 is 1. The lowest BCUT2D eigenvalue weighted by Crippen LogP contribution is -2.47. The van der Waals surface area contributed by atoms with Crippen LogP contribution in [0.2, 0.25) is 0 Å². The number of ether oxygens (including phenoxy) is 1. The van der Waals surface area contributed by atoms with E-state index >= 15 is 0 Å². The Bertz CT molecular complexity index is 1210. The molecule has 10 heteroatoms. The van der Waals surface area contributed by atoms with Crippen molar-refractivity contribution < 1.29 is 27.2 Å². The summed E-state index contributed by atoms with van der Waals surface area (Å²) in [5, 5.41) is 2.83. The number of furan rings is 1. The van der Waals surface area contributed by atoms with Gasteiger partial charge in [-0.25, -0.2) is 8.42 Å². The van der Waals surface area contributed by atoms with Crippen molar-refractivity contribution in [1.29, 1.82) is 0 Å². The third-order valence-electron chi connectivity index (χ3n) is 5.45. The topological polar surface area (TPSA) is 109 Å². The van der Waals surface area contributed by atoms with Gasteiger partial charge < -0.3 is 19.4 Å². The first-order valence-electron chi connectivity index (χ1n) is 10.9. The smallest absolute Gasteiger partial charge is 0.247 e. The Morgan fingerprint density at radius 1 is 1.03 bits per heavy atom. The minimum Gasteiger partial charge on any atom is -0.497 e. The summed E-state index contributed by atoms with van der Waals surface area (Å²) < 4.78 is 35.4. The van der Waals surface area contributed by atoms with E-state index in [1.54, 1.807) is 67.8 Å². The van der Waals surface area contributed by atoms with Crippen LogP contribution >= 0.6 is 0 Å². The van der Waals surface area contributed by atoms with Crippen molar-refractivity contribution in [3.63, 3.8) is 0 Å². The number of rotatable bonds is 11. The predicted octanol–water partition coefficient (Wildman–Crippen LogP) is 2.57. The van der Waals surface area contributed by atoms with Crippen LogP contribution in [-0.2, 0) is 32.7 Å². The lowest BCUT2D eigenvalue weighted by Gasteiger charge is -2.32. The maximum absolute atomic E-state index is 13.5. The van der Waals surface area contributed by atoms with E-state index in [1.807, 2.05) is 6.07 Å². The summed E-state index contributed by atoms with van der Waals surface area (Å²) in [6.45, 7) is -0.194. The largest absolute Gasteiger partial charge is 0.497 e. The SMILES string of the molecule is COc1ccc(CN(C(=O)CN(C)S(C)(=O)=O)[C@H](C(=O)NCc2ccco2)c2ccccc2)cc1. The number of benzene rings is 2. The highest BCUT2D eigenvalue weighted by Gasteiger charge is 2.33. The molecule has 0 fully saturated rings. The Morgan fingerprint density at radius 3 is 2.29 bits per heavy atom. The van der Waals surface area contributed by atoms with Gasteiger partial charge in [0.15, 0.2) is 0 Å². The molecule has 0 aliphatic rings. The Hall–Kier alpha value is -3.63. The molecule has 2 aromatic carbocycles. The van der Waals surface area contributed by atoms with Crippen LogP contribution in [-0.4, -0.2) is 56.4 Å². The predicted molar refractivity (Wildman–Crippen MR) is 131 cm³/mol. The number of hydrogen-bond donors (Lipinski definition) is 1. The fraction of sp³-hybridized carbons (Fsp3) is 0.280. The van der Waals surface area contributed by atoms with Crippen molar-refractivity contribution in [3.05, 3.63) is 89.9 Å². The van der Waals surface area contributed by atoms with Crippen molar-refractivity contribution >= 4 is 21.8 Å². The Balaban J connectivity index is 1.97. The second-order valence-corrected chi connectivity index (χ2v) is 10.1. The molecule has 1 aromatic heterocycles. The lowest BCUT2D eigenvalue weighted by molar-refractivity contribution is -0.141. The lowest BCUT2D eigenvalue weighted by atomic mass is 10.0. The maximum Gasteiger partial charge on any atom is 0.247 e. The molecular weight excluding hydrogens is 470 g/mol. The van der Waals surface area contributed by atoms with Gasteiger partial charge in [-0.3, -0.25) is 9.59 Å². The molecule has 0 bridgehead atoms. The van der Waals surface area contributed by atoms with Gasteiger partial charge in [-0.1, -0.05) is 42.5 Å². The van der Waals surface area contributed by atoms with Crippen LogP contribution in [0.25, 0.3) is 0 Å². The average Bonchev–Trinajstić information content (AvgIpc) is 3.36. The minimum atomic E-state index is -3.61. The van der Waals surface area contributed by atoms with Crippen molar-refractivity contribution in [2.45, 2.75) is 19.1 Å². The molecule has 1 heterocycles. The zero-order valence-corrected chi connectivity index (χ0v) is 20.7. The summed E-state index contributed by atoms with van der Waals surface area (Å²) in [5.74, 6) is 0.279. The highest BCUT2D eigenvalue weighted by Crippen LogP contribution is 2.25. The number of carbonyl (C=O) groups is 2. The quantitative estimate of drug-likeness (QED) is 0.434. The molecule has 0 saturated carbocycles. The number of nitrogens with zero attached hydrogens (tertiary/aromatic N) is 2. The molecule has 0 aliphatic heterocycles. The number of carbonyl (C=O) groups excluding carboxylic acids is 2. The van der Waals surface area contributed by atoms with Crippen LogP contribution in [0.5, 0.6) is 5.75 Å². The van der Waals surface area contributed by atoms with Crippen molar-refractivity contribution in [3.8, 4) is 5.75 Å². The van der Waals surface area contributed by atoms with Gasteiger partial charge in [0.05, 0.1) is 32.7 Å². The van der Waals surface area contributed by atoms with E-state index in [1.165, 1.54) is 18.2 Å². The van der Waals surface area contributed by atoms with Crippen LogP contribution in [0.4, 0.5) is 0 Å². The van der Waals surface area contributed by atoms with E-state index in [0.717, 1.165) is 16.1 Å². The first-order valence-corrected chi connectivity index (χ1v) is 12.7. The fourth-order valence-electron chi connectivity index (χ4n) is 3.44. The molecule has 186 valence electrons.